The number of pyridine rings is 1. The number of amides is 1. The first kappa shape index (κ1) is 22.7. The van der Waals surface area contributed by atoms with Crippen LogP contribution in [0.25, 0.3) is 0 Å². The van der Waals surface area contributed by atoms with Crippen LogP contribution in [0, 0.1) is 17.7 Å². The summed E-state index contributed by atoms with van der Waals surface area (Å²) in [6.45, 7) is 3.37. The predicted octanol–water partition coefficient (Wildman–Crippen LogP) is 5.05. The Kier molecular flexibility index (Phi) is 7.40. The van der Waals surface area contributed by atoms with Gasteiger partial charge in [0.25, 0.3) is 0 Å². The number of aromatic nitrogens is 1. The number of hydrogen-bond acceptors (Lipinski definition) is 4. The monoisotopic (exact) mass is 439 g/mol. The standard InChI is InChI=1S/C26H34FN3O2/c1-2-4-21(28)16-30(22-8-10-23(11-9-22)32-17-18-5-3-6-18)26(31)14-19-13-24(19)25-12-7-20(27)15-29-25/h7-12,15,18-19,21,24H,2-6,13-14,16-17,28H2,1H3. The molecule has 3 atom stereocenters. The van der Waals surface area contributed by atoms with Gasteiger partial charge in [-0.2, -0.15) is 0 Å². The van der Waals surface area contributed by atoms with Crippen LogP contribution in [0.3, 0.4) is 0 Å². The van der Waals surface area contributed by atoms with Crippen molar-refractivity contribution in [3.8, 4) is 5.75 Å². The van der Waals surface area contributed by atoms with Crippen molar-refractivity contribution in [3.63, 3.8) is 0 Å². The maximum atomic E-state index is 13.3. The van der Waals surface area contributed by atoms with Crippen LogP contribution in [-0.4, -0.2) is 30.1 Å². The van der Waals surface area contributed by atoms with Crippen LogP contribution < -0.4 is 15.4 Å². The molecule has 1 amide bonds. The van der Waals surface area contributed by atoms with Crippen LogP contribution in [-0.2, 0) is 4.79 Å². The van der Waals surface area contributed by atoms with Crippen molar-refractivity contribution in [3.05, 3.63) is 54.1 Å². The largest absolute Gasteiger partial charge is 0.493 e. The quantitative estimate of drug-likeness (QED) is 0.532. The highest BCUT2D eigenvalue weighted by Crippen LogP contribution is 2.49. The normalized spacial score (nSPS) is 21.0. The molecule has 3 unspecified atom stereocenters. The van der Waals surface area contributed by atoms with E-state index in [1.165, 1.54) is 31.5 Å². The molecule has 0 spiro atoms. The molecule has 5 nitrogen and oxygen atoms in total. The fraction of sp³-hybridized carbons (Fsp3) is 0.538. The topological polar surface area (TPSA) is 68.5 Å². The molecule has 0 saturated heterocycles. The number of anilines is 1. The molecule has 4 rings (SSSR count). The molecule has 32 heavy (non-hydrogen) atoms. The van der Waals surface area contributed by atoms with E-state index >= 15 is 0 Å². The van der Waals surface area contributed by atoms with Crippen LogP contribution >= 0.6 is 0 Å². The fourth-order valence-corrected chi connectivity index (χ4v) is 4.42. The van der Waals surface area contributed by atoms with Gasteiger partial charge >= 0.3 is 0 Å². The Morgan fingerprint density at radius 2 is 2.03 bits per heavy atom. The molecule has 2 aliphatic rings. The number of benzene rings is 1. The van der Waals surface area contributed by atoms with Crippen LogP contribution in [0.5, 0.6) is 5.75 Å². The van der Waals surface area contributed by atoms with E-state index in [1.807, 2.05) is 29.2 Å². The molecule has 1 aromatic heterocycles. The molecule has 0 bridgehead atoms. The second kappa shape index (κ2) is 10.4. The van der Waals surface area contributed by atoms with E-state index in [-0.39, 0.29) is 29.6 Å². The molecule has 1 heterocycles. The number of hydrogen-bond donors (Lipinski definition) is 1. The van der Waals surface area contributed by atoms with Gasteiger partial charge in [-0.1, -0.05) is 19.8 Å². The average Bonchev–Trinajstić information content (AvgIpc) is 3.51. The highest BCUT2D eigenvalue weighted by molar-refractivity contribution is 5.94. The van der Waals surface area contributed by atoms with Crippen molar-refractivity contribution in [2.75, 3.05) is 18.1 Å². The predicted molar refractivity (Wildman–Crippen MR) is 124 cm³/mol. The molecular formula is C26H34FN3O2. The van der Waals surface area contributed by atoms with Gasteiger partial charge in [-0.25, -0.2) is 4.39 Å². The molecular weight excluding hydrogens is 405 g/mol. The van der Waals surface area contributed by atoms with Gasteiger partial charge in [0.05, 0.1) is 12.8 Å². The fourth-order valence-electron chi connectivity index (χ4n) is 4.42. The Bertz CT molecular complexity index is 883. The Balaban J connectivity index is 1.39. The smallest absolute Gasteiger partial charge is 0.227 e. The van der Waals surface area contributed by atoms with E-state index < -0.39 is 0 Å². The summed E-state index contributed by atoms with van der Waals surface area (Å²) in [4.78, 5) is 19.3. The third-order valence-corrected chi connectivity index (χ3v) is 6.73. The summed E-state index contributed by atoms with van der Waals surface area (Å²) < 4.78 is 19.1. The summed E-state index contributed by atoms with van der Waals surface area (Å²) in [5.74, 6) is 1.74. The second-order valence-electron chi connectivity index (χ2n) is 9.36. The Morgan fingerprint density at radius 1 is 1.25 bits per heavy atom. The first-order chi connectivity index (χ1) is 15.5. The molecule has 172 valence electrons. The molecule has 2 N–H and O–H groups in total. The zero-order chi connectivity index (χ0) is 22.5. The van der Waals surface area contributed by atoms with Crippen LogP contribution in [0.1, 0.15) is 63.5 Å². The van der Waals surface area contributed by atoms with Crippen LogP contribution in [0.2, 0.25) is 0 Å². The zero-order valence-electron chi connectivity index (χ0n) is 18.9. The summed E-state index contributed by atoms with van der Waals surface area (Å²) in [5.41, 5.74) is 8.03. The number of nitrogens with two attached hydrogens (primary N) is 1. The van der Waals surface area contributed by atoms with E-state index in [0.29, 0.717) is 18.9 Å². The summed E-state index contributed by atoms with van der Waals surface area (Å²) in [5, 5.41) is 0. The summed E-state index contributed by atoms with van der Waals surface area (Å²) >= 11 is 0. The van der Waals surface area contributed by atoms with Crippen molar-refractivity contribution in [2.24, 2.45) is 17.6 Å². The van der Waals surface area contributed by atoms with Crippen molar-refractivity contribution in [1.29, 1.82) is 0 Å². The number of rotatable bonds is 11. The minimum atomic E-state index is -0.335. The molecule has 2 aromatic rings. The van der Waals surface area contributed by atoms with Crippen molar-refractivity contribution in [2.45, 2.75) is 63.8 Å². The SMILES string of the molecule is CCCC(N)CN(C(=O)CC1CC1c1ccc(F)cn1)c1ccc(OCC2CCC2)cc1. The lowest BCUT2D eigenvalue weighted by molar-refractivity contribution is -0.119. The lowest BCUT2D eigenvalue weighted by Gasteiger charge is -2.27. The van der Waals surface area contributed by atoms with E-state index in [2.05, 4.69) is 11.9 Å². The van der Waals surface area contributed by atoms with Gasteiger partial charge in [0, 0.05) is 36.3 Å². The summed E-state index contributed by atoms with van der Waals surface area (Å²) in [6, 6.07) is 10.9. The van der Waals surface area contributed by atoms with Gasteiger partial charge in [-0.05, 0) is 73.9 Å². The van der Waals surface area contributed by atoms with Crippen molar-refractivity contribution < 1.29 is 13.9 Å². The molecule has 1 aromatic carbocycles. The lowest BCUT2D eigenvalue weighted by Crippen LogP contribution is -2.41. The third-order valence-electron chi connectivity index (χ3n) is 6.73. The second-order valence-corrected chi connectivity index (χ2v) is 9.36. The Labute approximate surface area is 190 Å². The number of ether oxygens (including phenoxy) is 1. The molecule has 0 aliphatic heterocycles. The number of carbonyl (C=O) groups is 1. The molecule has 0 radical (unpaired) electrons. The number of nitrogens with zero attached hydrogens (tertiary/aromatic N) is 2. The number of carbonyl (C=O) groups excluding carboxylic acids is 1. The lowest BCUT2D eigenvalue weighted by atomic mass is 9.86. The Hall–Kier alpha value is -2.47. The minimum absolute atomic E-state index is 0.0627. The van der Waals surface area contributed by atoms with E-state index in [9.17, 15) is 9.18 Å². The van der Waals surface area contributed by atoms with E-state index in [4.69, 9.17) is 10.5 Å². The number of halogens is 1. The highest BCUT2D eigenvalue weighted by atomic mass is 19.1. The van der Waals surface area contributed by atoms with Gasteiger partial charge in [-0.15, -0.1) is 0 Å². The molecule has 2 aliphatic carbocycles. The van der Waals surface area contributed by atoms with Gasteiger partial charge in [0.15, 0.2) is 0 Å². The first-order valence-electron chi connectivity index (χ1n) is 11.9. The molecule has 2 fully saturated rings. The van der Waals surface area contributed by atoms with Gasteiger partial charge in [-0.3, -0.25) is 9.78 Å². The maximum Gasteiger partial charge on any atom is 0.227 e. The molecule has 6 heteroatoms. The maximum absolute atomic E-state index is 13.3. The van der Waals surface area contributed by atoms with Crippen LogP contribution in [0.4, 0.5) is 10.1 Å². The summed E-state index contributed by atoms with van der Waals surface area (Å²) in [7, 11) is 0. The first-order valence-corrected chi connectivity index (χ1v) is 11.9. The highest BCUT2D eigenvalue weighted by Gasteiger charge is 2.41. The zero-order valence-corrected chi connectivity index (χ0v) is 18.9. The van der Waals surface area contributed by atoms with Crippen LogP contribution in [0.15, 0.2) is 42.6 Å². The van der Waals surface area contributed by atoms with Gasteiger partial charge in [0.2, 0.25) is 5.91 Å². The van der Waals surface area contributed by atoms with Gasteiger partial charge in [0.1, 0.15) is 11.6 Å². The van der Waals surface area contributed by atoms with E-state index in [1.54, 1.807) is 6.07 Å². The molecule has 2 saturated carbocycles. The minimum Gasteiger partial charge on any atom is -0.493 e. The Morgan fingerprint density at radius 3 is 2.66 bits per heavy atom. The third kappa shape index (κ3) is 5.85. The average molecular weight is 440 g/mol. The van der Waals surface area contributed by atoms with Crippen molar-refractivity contribution >= 4 is 11.6 Å². The van der Waals surface area contributed by atoms with Gasteiger partial charge < -0.3 is 15.4 Å². The van der Waals surface area contributed by atoms with Crippen molar-refractivity contribution in [1.82, 2.24) is 4.98 Å². The van der Waals surface area contributed by atoms with E-state index in [0.717, 1.165) is 43.0 Å². The summed E-state index contributed by atoms with van der Waals surface area (Å²) in [6.07, 6.45) is 8.28.